The maximum Gasteiger partial charge on any atom is 0.0517 e. The van der Waals surface area contributed by atoms with Crippen LogP contribution in [0.15, 0.2) is 0 Å². The van der Waals surface area contributed by atoms with Crippen LogP contribution in [0.1, 0.15) is 0 Å². The Hall–Kier alpha value is 1.12. The predicted octanol–water partition coefficient (Wildman–Crippen LogP) is 3.19. The van der Waals surface area contributed by atoms with Gasteiger partial charge >= 0.3 is 0 Å². The van der Waals surface area contributed by atoms with Gasteiger partial charge < -0.3 is 4.74 Å². The number of ether oxygens (including phenoxy) is 1. The molecule has 0 aliphatic carbocycles. The Labute approximate surface area is 99.6 Å². The Kier molecular flexibility index (Phi) is 10.5. The second kappa shape index (κ2) is 9.67. The Balaban J connectivity index is 3.41. The molecule has 0 saturated heterocycles. The minimum absolute atomic E-state index is 0.217. The molecule has 0 heterocycles. The van der Waals surface area contributed by atoms with Crippen LogP contribution in [0.2, 0.25) is 0 Å². The number of rotatable bonds is 8. The molecule has 0 aromatic rings. The van der Waals surface area contributed by atoms with Gasteiger partial charge in [-0.1, -0.05) is 0 Å². The van der Waals surface area contributed by atoms with E-state index >= 15 is 0 Å². The van der Waals surface area contributed by atoms with E-state index in [2.05, 4.69) is 0 Å². The molecule has 0 N–H and O–H groups in total. The molecular weight excluding hydrogens is 254 g/mol. The highest BCUT2D eigenvalue weighted by atomic mass is 35.5. The first kappa shape index (κ1) is 14.1. The molecule has 0 bridgehead atoms. The number of hydrogen-bond acceptors (Lipinski definition) is 1. The largest absolute Gasteiger partial charge is 0.381 e. The van der Waals surface area contributed by atoms with Gasteiger partial charge in [-0.2, -0.15) is 0 Å². The third-order valence-electron chi connectivity index (χ3n) is 1.58. The van der Waals surface area contributed by atoms with Gasteiger partial charge in [-0.05, 0) is 0 Å². The third-order valence-corrected chi connectivity index (χ3v) is 3.33. The Morgan fingerprint density at radius 2 is 1.00 bits per heavy atom. The van der Waals surface area contributed by atoms with Crippen LogP contribution in [0, 0.1) is 11.8 Å². The minimum atomic E-state index is 0.217. The first-order chi connectivity index (χ1) is 6.28. The van der Waals surface area contributed by atoms with E-state index < -0.39 is 0 Å². The van der Waals surface area contributed by atoms with Crippen molar-refractivity contribution >= 4 is 46.4 Å². The highest BCUT2D eigenvalue weighted by molar-refractivity contribution is 6.21. The normalized spacial score (nSPS) is 11.5. The maximum absolute atomic E-state index is 5.63. The van der Waals surface area contributed by atoms with Crippen molar-refractivity contribution in [3.63, 3.8) is 0 Å². The van der Waals surface area contributed by atoms with Crippen LogP contribution in [0.3, 0.4) is 0 Å². The van der Waals surface area contributed by atoms with Crippen molar-refractivity contribution in [2.24, 2.45) is 11.8 Å². The summed E-state index contributed by atoms with van der Waals surface area (Å²) in [4.78, 5) is 0. The summed E-state index contributed by atoms with van der Waals surface area (Å²) >= 11 is 22.5. The van der Waals surface area contributed by atoms with Gasteiger partial charge in [-0.15, -0.1) is 46.4 Å². The highest BCUT2D eigenvalue weighted by Gasteiger charge is 2.09. The topological polar surface area (TPSA) is 9.23 Å². The fraction of sp³-hybridized carbons (Fsp3) is 1.00. The summed E-state index contributed by atoms with van der Waals surface area (Å²) < 4.78 is 5.38. The molecule has 13 heavy (non-hydrogen) atoms. The van der Waals surface area contributed by atoms with Gasteiger partial charge in [-0.25, -0.2) is 0 Å². The zero-order valence-corrected chi connectivity index (χ0v) is 10.3. The van der Waals surface area contributed by atoms with Crippen molar-refractivity contribution in [1.82, 2.24) is 0 Å². The fourth-order valence-electron chi connectivity index (χ4n) is 0.662. The molecule has 1 nitrogen and oxygen atoms in total. The third kappa shape index (κ3) is 7.10. The summed E-state index contributed by atoms with van der Waals surface area (Å²) in [5.74, 6) is 2.53. The monoisotopic (exact) mass is 266 g/mol. The second-order valence-electron chi connectivity index (χ2n) is 2.89. The fourth-order valence-corrected chi connectivity index (χ4v) is 1.68. The van der Waals surface area contributed by atoms with Crippen molar-refractivity contribution in [2.75, 3.05) is 36.7 Å². The van der Waals surface area contributed by atoms with Crippen molar-refractivity contribution in [3.05, 3.63) is 0 Å². The number of hydrogen-bond donors (Lipinski definition) is 0. The molecule has 0 spiro atoms. The van der Waals surface area contributed by atoms with Gasteiger partial charge in [0.25, 0.3) is 0 Å². The number of alkyl halides is 4. The molecule has 0 unspecified atom stereocenters. The summed E-state index contributed by atoms with van der Waals surface area (Å²) in [6.45, 7) is 1.16. The van der Waals surface area contributed by atoms with E-state index in [1.165, 1.54) is 0 Å². The standard InChI is InChI=1S/C8H14Cl4O/c9-1-7(2-10)5-13-6-8(3-11)4-12/h7-8H,1-6H2. The molecule has 80 valence electrons. The van der Waals surface area contributed by atoms with Gasteiger partial charge in [0.2, 0.25) is 0 Å². The summed E-state index contributed by atoms with van der Waals surface area (Å²) in [5, 5.41) is 0. The van der Waals surface area contributed by atoms with E-state index in [4.69, 9.17) is 51.1 Å². The predicted molar refractivity (Wildman–Crippen MR) is 60.7 cm³/mol. The molecule has 0 amide bonds. The van der Waals surface area contributed by atoms with Crippen molar-refractivity contribution in [3.8, 4) is 0 Å². The second-order valence-corrected chi connectivity index (χ2v) is 4.12. The highest BCUT2D eigenvalue weighted by Crippen LogP contribution is 2.07. The Bertz CT molecular complexity index is 92.3. The molecule has 5 heteroatoms. The SMILES string of the molecule is ClCC(CCl)COCC(CCl)CCl. The zero-order chi connectivity index (χ0) is 10.1. The summed E-state index contributed by atoms with van der Waals surface area (Å²) in [5.41, 5.74) is 0. The lowest BCUT2D eigenvalue weighted by atomic mass is 10.2. The first-order valence-electron chi connectivity index (χ1n) is 4.10. The van der Waals surface area contributed by atoms with Crippen LogP contribution in [0.5, 0.6) is 0 Å². The number of halogens is 4. The molecule has 0 fully saturated rings. The van der Waals surface area contributed by atoms with Crippen LogP contribution in [-0.4, -0.2) is 36.7 Å². The molecule has 0 aromatic heterocycles. The molecule has 0 atom stereocenters. The summed E-state index contributed by atoms with van der Waals surface area (Å²) in [7, 11) is 0. The molecule has 0 aliphatic rings. The minimum Gasteiger partial charge on any atom is -0.381 e. The summed E-state index contributed by atoms with van der Waals surface area (Å²) in [6.07, 6.45) is 0. The molecule has 0 radical (unpaired) electrons. The molecule has 0 aliphatic heterocycles. The quantitative estimate of drug-likeness (QED) is 0.614. The van der Waals surface area contributed by atoms with Gasteiger partial charge in [0.1, 0.15) is 0 Å². The lowest BCUT2D eigenvalue weighted by Crippen LogP contribution is -2.19. The van der Waals surface area contributed by atoms with Crippen molar-refractivity contribution in [2.45, 2.75) is 0 Å². The van der Waals surface area contributed by atoms with Gasteiger partial charge in [0, 0.05) is 35.4 Å². The van der Waals surface area contributed by atoms with Gasteiger partial charge in [0.15, 0.2) is 0 Å². The average molecular weight is 268 g/mol. The van der Waals surface area contributed by atoms with E-state index in [0.29, 0.717) is 36.7 Å². The van der Waals surface area contributed by atoms with Crippen LogP contribution in [0.4, 0.5) is 0 Å². The van der Waals surface area contributed by atoms with Gasteiger partial charge in [0.05, 0.1) is 13.2 Å². The lowest BCUT2D eigenvalue weighted by Gasteiger charge is -2.14. The van der Waals surface area contributed by atoms with E-state index in [1.807, 2.05) is 0 Å². The Morgan fingerprint density at radius 1 is 0.692 bits per heavy atom. The lowest BCUT2D eigenvalue weighted by molar-refractivity contribution is 0.0917. The van der Waals surface area contributed by atoms with Crippen LogP contribution in [-0.2, 0) is 4.74 Å². The van der Waals surface area contributed by atoms with Gasteiger partial charge in [-0.3, -0.25) is 0 Å². The average Bonchev–Trinajstić information content (AvgIpc) is 2.19. The van der Waals surface area contributed by atoms with E-state index in [0.717, 1.165) is 0 Å². The van der Waals surface area contributed by atoms with Crippen LogP contribution in [0.25, 0.3) is 0 Å². The van der Waals surface area contributed by atoms with E-state index in [1.54, 1.807) is 0 Å². The zero-order valence-electron chi connectivity index (χ0n) is 7.32. The molecular formula is C8H14Cl4O. The molecule has 0 saturated carbocycles. The Morgan fingerprint density at radius 3 is 1.23 bits per heavy atom. The van der Waals surface area contributed by atoms with Crippen molar-refractivity contribution < 1.29 is 4.74 Å². The first-order valence-corrected chi connectivity index (χ1v) is 6.23. The molecule has 0 aromatic carbocycles. The van der Waals surface area contributed by atoms with Crippen molar-refractivity contribution in [1.29, 1.82) is 0 Å². The smallest absolute Gasteiger partial charge is 0.0517 e. The van der Waals surface area contributed by atoms with Crippen LogP contribution < -0.4 is 0 Å². The van der Waals surface area contributed by atoms with Crippen LogP contribution >= 0.6 is 46.4 Å². The molecule has 0 rings (SSSR count). The van der Waals surface area contributed by atoms with E-state index in [-0.39, 0.29) is 11.8 Å². The summed E-state index contributed by atoms with van der Waals surface area (Å²) in [6, 6.07) is 0. The maximum atomic E-state index is 5.63. The van der Waals surface area contributed by atoms with E-state index in [9.17, 15) is 0 Å².